The van der Waals surface area contributed by atoms with E-state index in [1.807, 2.05) is 26.0 Å². The Kier molecular flexibility index (Phi) is 4.85. The number of H-pyrrole nitrogens is 1. The molecule has 8 heteroatoms. The minimum atomic E-state index is -0.541. The van der Waals surface area contributed by atoms with Crippen molar-refractivity contribution in [2.45, 2.75) is 26.4 Å². The lowest BCUT2D eigenvalue weighted by molar-refractivity contribution is 0.0717. The van der Waals surface area contributed by atoms with Crippen molar-refractivity contribution in [2.24, 2.45) is 0 Å². The number of ether oxygens (including phenoxy) is 1. The number of nitrogens with zero attached hydrogens (tertiary/aromatic N) is 2. The van der Waals surface area contributed by atoms with E-state index < -0.39 is 6.04 Å². The van der Waals surface area contributed by atoms with Crippen LogP contribution in [-0.4, -0.2) is 38.3 Å². The second-order valence-electron chi connectivity index (χ2n) is 8.18. The first kappa shape index (κ1) is 20.7. The zero-order valence-corrected chi connectivity index (χ0v) is 18.4. The summed E-state index contributed by atoms with van der Waals surface area (Å²) in [5, 5.41) is 28.2. The number of furan rings is 1. The molecule has 0 saturated heterocycles. The van der Waals surface area contributed by atoms with E-state index in [0.29, 0.717) is 34.0 Å². The van der Waals surface area contributed by atoms with Crippen LogP contribution in [0.25, 0.3) is 11.3 Å². The van der Waals surface area contributed by atoms with Gasteiger partial charge in [-0.25, -0.2) is 0 Å². The molecule has 0 fully saturated rings. The Morgan fingerprint density at radius 1 is 1.15 bits per heavy atom. The number of phenols is 2. The molecule has 4 aromatic rings. The molecule has 33 heavy (non-hydrogen) atoms. The largest absolute Gasteiger partial charge is 0.507 e. The average Bonchev–Trinajstić information content (AvgIpc) is 3.49. The summed E-state index contributed by atoms with van der Waals surface area (Å²) in [5.41, 5.74) is 4.59. The third-order valence-electron chi connectivity index (χ3n) is 5.99. The minimum absolute atomic E-state index is 0.00261. The molecule has 0 unspecified atom stereocenters. The summed E-state index contributed by atoms with van der Waals surface area (Å²) in [6.45, 7) is 4.05. The Morgan fingerprint density at radius 3 is 2.67 bits per heavy atom. The highest BCUT2D eigenvalue weighted by molar-refractivity contribution is 6.00. The molecule has 1 atom stereocenters. The van der Waals surface area contributed by atoms with Gasteiger partial charge in [-0.15, -0.1) is 0 Å². The molecule has 0 saturated carbocycles. The number of aryl methyl sites for hydroxylation is 2. The van der Waals surface area contributed by atoms with Crippen LogP contribution in [0.5, 0.6) is 17.2 Å². The van der Waals surface area contributed by atoms with Crippen molar-refractivity contribution >= 4 is 5.91 Å². The molecule has 168 valence electrons. The maximum Gasteiger partial charge on any atom is 0.273 e. The number of carbonyl (C=O) groups excluding carboxylic acids is 1. The SMILES string of the molecule is COc1cc([C@H]2c3c(-c4c(C)cc(C)cc4O)n[nH]c3C(=O)N2Cc2ccco2)ccc1O. The van der Waals surface area contributed by atoms with Crippen LogP contribution in [0.2, 0.25) is 0 Å². The van der Waals surface area contributed by atoms with E-state index in [-0.39, 0.29) is 24.0 Å². The number of phenolic OH excluding ortho intramolecular Hbond substituents is 2. The summed E-state index contributed by atoms with van der Waals surface area (Å²) in [5.74, 6) is 0.795. The van der Waals surface area contributed by atoms with Crippen LogP contribution in [0.1, 0.15) is 44.5 Å². The lowest BCUT2D eigenvalue weighted by Crippen LogP contribution is -2.29. The highest BCUT2D eigenvalue weighted by Gasteiger charge is 2.43. The maximum atomic E-state index is 13.5. The van der Waals surface area contributed by atoms with Gasteiger partial charge in [0.15, 0.2) is 11.5 Å². The number of hydrogen-bond donors (Lipinski definition) is 3. The van der Waals surface area contributed by atoms with Gasteiger partial charge in [-0.1, -0.05) is 12.1 Å². The number of aromatic hydroxyl groups is 2. The van der Waals surface area contributed by atoms with Gasteiger partial charge in [0, 0.05) is 11.1 Å². The van der Waals surface area contributed by atoms with E-state index in [9.17, 15) is 15.0 Å². The highest BCUT2D eigenvalue weighted by atomic mass is 16.5. The number of methoxy groups -OCH3 is 1. The summed E-state index contributed by atoms with van der Waals surface area (Å²) in [7, 11) is 1.47. The highest BCUT2D eigenvalue weighted by Crippen LogP contribution is 2.47. The summed E-state index contributed by atoms with van der Waals surface area (Å²) >= 11 is 0. The van der Waals surface area contributed by atoms with Gasteiger partial charge < -0.3 is 24.3 Å². The lowest BCUT2D eigenvalue weighted by Gasteiger charge is -2.26. The van der Waals surface area contributed by atoms with E-state index in [0.717, 1.165) is 16.7 Å². The predicted molar refractivity (Wildman–Crippen MR) is 120 cm³/mol. The summed E-state index contributed by atoms with van der Waals surface area (Å²) in [4.78, 5) is 15.1. The van der Waals surface area contributed by atoms with Gasteiger partial charge in [0.1, 0.15) is 22.9 Å². The van der Waals surface area contributed by atoms with Gasteiger partial charge in [-0.3, -0.25) is 9.89 Å². The summed E-state index contributed by atoms with van der Waals surface area (Å²) in [6, 6.07) is 11.7. The Balaban J connectivity index is 1.72. The fraction of sp³-hybridized carbons (Fsp3) is 0.200. The smallest absolute Gasteiger partial charge is 0.273 e. The first-order valence-corrected chi connectivity index (χ1v) is 10.5. The maximum absolute atomic E-state index is 13.5. The molecule has 0 radical (unpaired) electrons. The fourth-order valence-corrected chi connectivity index (χ4v) is 4.58. The van der Waals surface area contributed by atoms with E-state index in [4.69, 9.17) is 9.15 Å². The minimum Gasteiger partial charge on any atom is -0.507 e. The lowest BCUT2D eigenvalue weighted by atomic mass is 9.93. The zero-order valence-electron chi connectivity index (χ0n) is 18.4. The molecule has 0 aliphatic carbocycles. The topological polar surface area (TPSA) is 112 Å². The van der Waals surface area contributed by atoms with Crippen molar-refractivity contribution in [1.29, 1.82) is 0 Å². The van der Waals surface area contributed by atoms with Crippen LogP contribution in [0, 0.1) is 13.8 Å². The molecular weight excluding hydrogens is 422 g/mol. The van der Waals surface area contributed by atoms with Gasteiger partial charge in [0.25, 0.3) is 5.91 Å². The molecule has 2 aromatic carbocycles. The molecule has 8 nitrogen and oxygen atoms in total. The third-order valence-corrected chi connectivity index (χ3v) is 5.99. The molecule has 1 amide bonds. The number of fused-ring (bicyclic) bond motifs is 1. The number of hydrogen-bond acceptors (Lipinski definition) is 6. The van der Waals surface area contributed by atoms with Crippen molar-refractivity contribution in [1.82, 2.24) is 15.1 Å². The molecule has 3 heterocycles. The average molecular weight is 445 g/mol. The molecule has 1 aliphatic rings. The number of amides is 1. The molecule has 0 spiro atoms. The molecular formula is C25H23N3O5. The third kappa shape index (κ3) is 3.31. The Bertz CT molecular complexity index is 1330. The number of benzene rings is 2. The Hall–Kier alpha value is -4.20. The number of aromatic nitrogens is 2. The van der Waals surface area contributed by atoms with Crippen molar-refractivity contribution in [3.05, 3.63) is 82.4 Å². The van der Waals surface area contributed by atoms with Crippen LogP contribution in [0.15, 0.2) is 53.1 Å². The normalized spacial score (nSPS) is 15.2. The first-order chi connectivity index (χ1) is 15.9. The standard InChI is InChI=1S/C25H23N3O5/c1-13-9-14(2)20(18(30)10-13)22-21-23(27-26-22)25(31)28(12-16-5-4-8-33-16)24(21)15-6-7-17(29)19(11-15)32-3/h4-11,24,29-30H,12H2,1-3H3,(H,26,27)/t24-/m0/s1. The molecule has 5 rings (SSSR count). The monoisotopic (exact) mass is 445 g/mol. The van der Waals surface area contributed by atoms with Crippen LogP contribution in [0.4, 0.5) is 0 Å². The van der Waals surface area contributed by atoms with Crippen molar-refractivity contribution < 1.29 is 24.2 Å². The van der Waals surface area contributed by atoms with Crippen molar-refractivity contribution in [3.63, 3.8) is 0 Å². The van der Waals surface area contributed by atoms with Crippen LogP contribution in [-0.2, 0) is 6.54 Å². The number of rotatable bonds is 5. The van der Waals surface area contributed by atoms with Gasteiger partial charge in [-0.05, 0) is 60.9 Å². The second kappa shape index (κ2) is 7.74. The van der Waals surface area contributed by atoms with E-state index >= 15 is 0 Å². The number of nitrogens with one attached hydrogen (secondary N) is 1. The van der Waals surface area contributed by atoms with E-state index in [1.165, 1.54) is 13.2 Å². The number of aromatic amines is 1. The van der Waals surface area contributed by atoms with Crippen LogP contribution >= 0.6 is 0 Å². The molecule has 3 N–H and O–H groups in total. The second-order valence-corrected chi connectivity index (χ2v) is 8.18. The Labute approximate surface area is 190 Å². The van der Waals surface area contributed by atoms with Gasteiger partial charge in [-0.2, -0.15) is 5.10 Å². The zero-order chi connectivity index (χ0) is 23.3. The van der Waals surface area contributed by atoms with E-state index in [1.54, 1.807) is 35.4 Å². The Morgan fingerprint density at radius 2 is 1.97 bits per heavy atom. The number of carbonyl (C=O) groups is 1. The van der Waals surface area contributed by atoms with Gasteiger partial charge >= 0.3 is 0 Å². The summed E-state index contributed by atoms with van der Waals surface area (Å²) in [6.07, 6.45) is 1.56. The fourth-order valence-electron chi connectivity index (χ4n) is 4.58. The van der Waals surface area contributed by atoms with Crippen molar-refractivity contribution in [2.75, 3.05) is 7.11 Å². The van der Waals surface area contributed by atoms with Gasteiger partial charge in [0.05, 0.1) is 26.0 Å². The first-order valence-electron chi connectivity index (χ1n) is 10.5. The summed E-state index contributed by atoms with van der Waals surface area (Å²) < 4.78 is 10.8. The van der Waals surface area contributed by atoms with Crippen LogP contribution in [0.3, 0.4) is 0 Å². The molecule has 2 aromatic heterocycles. The molecule has 1 aliphatic heterocycles. The van der Waals surface area contributed by atoms with Gasteiger partial charge in [0.2, 0.25) is 0 Å². The van der Waals surface area contributed by atoms with Crippen molar-refractivity contribution in [3.8, 4) is 28.5 Å². The quantitative estimate of drug-likeness (QED) is 0.418. The molecule has 0 bridgehead atoms. The van der Waals surface area contributed by atoms with Crippen LogP contribution < -0.4 is 4.74 Å². The predicted octanol–water partition coefficient (Wildman–Crippen LogP) is 4.45. The van der Waals surface area contributed by atoms with E-state index in [2.05, 4.69) is 10.2 Å².